The Labute approximate surface area is 210 Å². The van der Waals surface area contributed by atoms with Gasteiger partial charge in [0.2, 0.25) is 0 Å². The van der Waals surface area contributed by atoms with E-state index in [9.17, 15) is 9.90 Å². The zero-order chi connectivity index (χ0) is 24.5. The van der Waals surface area contributed by atoms with Gasteiger partial charge in [0.05, 0.1) is 5.60 Å². The Kier molecular flexibility index (Phi) is 8.08. The lowest BCUT2D eigenvalue weighted by Gasteiger charge is -2.53. The molecular formula is C28H41ClN2O3. The summed E-state index contributed by atoms with van der Waals surface area (Å²) in [6.45, 7) is 14.4. The molecule has 34 heavy (non-hydrogen) atoms. The Balaban J connectivity index is 1.35. The van der Waals surface area contributed by atoms with Crippen molar-refractivity contribution < 1.29 is 14.6 Å². The van der Waals surface area contributed by atoms with Gasteiger partial charge >= 0.3 is 5.97 Å². The van der Waals surface area contributed by atoms with Crippen LogP contribution in [0.2, 0.25) is 5.02 Å². The molecule has 188 valence electrons. The summed E-state index contributed by atoms with van der Waals surface area (Å²) in [5.74, 6) is 1.01. The number of halogens is 1. The molecule has 2 aliphatic carbocycles. The maximum atomic E-state index is 11.8. The highest BCUT2D eigenvalue weighted by Crippen LogP contribution is 2.51. The number of carbonyl (C=O) groups excluding carboxylic acids is 1. The van der Waals surface area contributed by atoms with Gasteiger partial charge < -0.3 is 14.7 Å². The average molecular weight is 489 g/mol. The number of fused-ring (bicyclic) bond motifs is 1. The van der Waals surface area contributed by atoms with Crippen LogP contribution in [0, 0.1) is 23.7 Å². The van der Waals surface area contributed by atoms with Crippen LogP contribution in [0.5, 0.6) is 0 Å². The molecule has 0 bridgehead atoms. The van der Waals surface area contributed by atoms with Gasteiger partial charge in [-0.3, -0.25) is 9.69 Å². The lowest BCUT2D eigenvalue weighted by Crippen LogP contribution is -2.56. The summed E-state index contributed by atoms with van der Waals surface area (Å²) in [6.07, 6.45) is 4.62. The summed E-state index contributed by atoms with van der Waals surface area (Å²) in [5, 5.41) is 12.6. The smallest absolute Gasteiger partial charge is 0.303 e. The Morgan fingerprint density at radius 3 is 2.47 bits per heavy atom. The number of hydrogen-bond donors (Lipinski definition) is 1. The number of rotatable bonds is 6. The standard InChI is InChI=1S/C28H41ClN2O3/c1-19-15-26-25(10-5-21(3)28(26,33)16-27(19)34-22(4)32)20(2)17-30-11-13-31(14-12-30)18-23-6-8-24(29)9-7-23/h6-9,15,20-21,25-27,33H,5,10-14,16-18H2,1-4H3/t20?,21-,25+,26-,27-,28-/m1/s1. The molecule has 6 atom stereocenters. The molecule has 3 aliphatic rings. The van der Waals surface area contributed by atoms with Crippen LogP contribution >= 0.6 is 11.6 Å². The predicted octanol–water partition coefficient (Wildman–Crippen LogP) is 4.77. The summed E-state index contributed by atoms with van der Waals surface area (Å²) < 4.78 is 5.55. The number of esters is 1. The molecule has 1 heterocycles. The zero-order valence-electron chi connectivity index (χ0n) is 21.2. The molecule has 1 aliphatic heterocycles. The van der Waals surface area contributed by atoms with E-state index in [0.29, 0.717) is 18.3 Å². The third-order valence-corrected chi connectivity index (χ3v) is 8.91. The summed E-state index contributed by atoms with van der Waals surface area (Å²) >= 11 is 6.02. The molecule has 1 aromatic rings. The summed E-state index contributed by atoms with van der Waals surface area (Å²) in [7, 11) is 0. The average Bonchev–Trinajstić information content (AvgIpc) is 2.78. The largest absolute Gasteiger partial charge is 0.458 e. The number of aliphatic hydroxyl groups is 1. The van der Waals surface area contributed by atoms with Crippen LogP contribution in [0.25, 0.3) is 0 Å². The first-order valence-electron chi connectivity index (χ1n) is 12.9. The van der Waals surface area contributed by atoms with Gasteiger partial charge in [0.15, 0.2) is 0 Å². The van der Waals surface area contributed by atoms with E-state index in [-0.39, 0.29) is 23.9 Å². The van der Waals surface area contributed by atoms with Crippen molar-refractivity contribution in [1.82, 2.24) is 9.80 Å². The van der Waals surface area contributed by atoms with E-state index >= 15 is 0 Å². The van der Waals surface area contributed by atoms with Crippen LogP contribution in [0.3, 0.4) is 0 Å². The predicted molar refractivity (Wildman–Crippen MR) is 137 cm³/mol. The fourth-order valence-electron chi connectivity index (χ4n) is 6.52. The van der Waals surface area contributed by atoms with E-state index < -0.39 is 5.60 Å². The minimum atomic E-state index is -0.798. The van der Waals surface area contributed by atoms with Crippen molar-refractivity contribution in [2.45, 2.75) is 65.2 Å². The number of carbonyl (C=O) groups is 1. The van der Waals surface area contributed by atoms with Crippen molar-refractivity contribution in [3.05, 3.63) is 46.5 Å². The van der Waals surface area contributed by atoms with Crippen LogP contribution < -0.4 is 0 Å². The Morgan fingerprint density at radius 2 is 1.82 bits per heavy atom. The lowest BCUT2D eigenvalue weighted by molar-refractivity contribution is -0.159. The van der Waals surface area contributed by atoms with Gasteiger partial charge in [0, 0.05) is 63.6 Å². The molecular weight excluding hydrogens is 448 g/mol. The van der Waals surface area contributed by atoms with Crippen molar-refractivity contribution in [1.29, 1.82) is 0 Å². The van der Waals surface area contributed by atoms with Crippen molar-refractivity contribution >= 4 is 17.6 Å². The fraction of sp³-hybridized carbons (Fsp3) is 0.679. The molecule has 2 fully saturated rings. The highest BCUT2D eigenvalue weighted by Gasteiger charge is 2.52. The number of ether oxygens (including phenoxy) is 1. The van der Waals surface area contributed by atoms with E-state index in [0.717, 1.165) is 62.7 Å². The second kappa shape index (κ2) is 10.7. The molecule has 1 saturated carbocycles. The molecule has 1 N–H and O–H groups in total. The number of hydrogen-bond acceptors (Lipinski definition) is 5. The fourth-order valence-corrected chi connectivity index (χ4v) is 6.64. The SMILES string of the molecule is CC(=O)O[C@@H]1C[C@@]2(O)[C@H](C)CC[C@@H](C(C)CN3CCN(Cc4ccc(Cl)cc4)CC3)[C@H]2C=C1C. The quantitative estimate of drug-likeness (QED) is 0.461. The molecule has 0 amide bonds. The molecule has 4 rings (SSSR count). The van der Waals surface area contributed by atoms with Gasteiger partial charge in [-0.05, 0) is 60.8 Å². The first kappa shape index (κ1) is 25.7. The van der Waals surface area contributed by atoms with Gasteiger partial charge in [0.25, 0.3) is 0 Å². The van der Waals surface area contributed by atoms with E-state index in [4.69, 9.17) is 16.3 Å². The van der Waals surface area contributed by atoms with Crippen molar-refractivity contribution in [3.63, 3.8) is 0 Å². The summed E-state index contributed by atoms with van der Waals surface area (Å²) in [6, 6.07) is 8.18. The minimum absolute atomic E-state index is 0.129. The number of nitrogens with zero attached hydrogens (tertiary/aromatic N) is 2. The highest BCUT2D eigenvalue weighted by molar-refractivity contribution is 6.30. The number of benzene rings is 1. The summed E-state index contributed by atoms with van der Waals surface area (Å²) in [5.41, 5.74) is 1.61. The van der Waals surface area contributed by atoms with Crippen molar-refractivity contribution in [2.24, 2.45) is 23.7 Å². The molecule has 6 heteroatoms. The molecule has 0 spiro atoms. The summed E-state index contributed by atoms with van der Waals surface area (Å²) in [4.78, 5) is 16.7. The van der Waals surface area contributed by atoms with Gasteiger partial charge in [-0.2, -0.15) is 0 Å². The van der Waals surface area contributed by atoms with Gasteiger partial charge in [-0.15, -0.1) is 0 Å². The van der Waals surface area contributed by atoms with E-state index in [1.54, 1.807) is 0 Å². The lowest BCUT2D eigenvalue weighted by atomic mass is 9.57. The van der Waals surface area contributed by atoms with Gasteiger partial charge in [-0.25, -0.2) is 0 Å². The zero-order valence-corrected chi connectivity index (χ0v) is 21.9. The number of piperazine rings is 1. The Hall–Kier alpha value is -1.40. The molecule has 1 unspecified atom stereocenters. The normalized spacial score (nSPS) is 33.6. The maximum Gasteiger partial charge on any atom is 0.303 e. The molecule has 0 aromatic heterocycles. The van der Waals surface area contributed by atoms with E-state index in [1.807, 2.05) is 19.1 Å². The van der Waals surface area contributed by atoms with Gasteiger partial charge in [0.1, 0.15) is 6.10 Å². The van der Waals surface area contributed by atoms with Crippen LogP contribution in [-0.4, -0.2) is 65.3 Å². The van der Waals surface area contributed by atoms with Crippen LogP contribution in [-0.2, 0) is 16.1 Å². The molecule has 1 saturated heterocycles. The Bertz CT molecular complexity index is 880. The highest BCUT2D eigenvalue weighted by atomic mass is 35.5. The van der Waals surface area contributed by atoms with Crippen LogP contribution in [0.15, 0.2) is 35.9 Å². The third-order valence-electron chi connectivity index (χ3n) is 8.66. The first-order chi connectivity index (χ1) is 16.2. The monoisotopic (exact) mass is 488 g/mol. The van der Waals surface area contributed by atoms with Crippen molar-refractivity contribution in [2.75, 3.05) is 32.7 Å². The molecule has 0 radical (unpaired) electrons. The third kappa shape index (κ3) is 5.70. The van der Waals surface area contributed by atoms with Gasteiger partial charge in [-0.1, -0.05) is 43.7 Å². The van der Waals surface area contributed by atoms with E-state index in [2.05, 4.69) is 41.9 Å². The van der Waals surface area contributed by atoms with Crippen LogP contribution in [0.1, 0.15) is 52.5 Å². The Morgan fingerprint density at radius 1 is 1.18 bits per heavy atom. The first-order valence-corrected chi connectivity index (χ1v) is 13.3. The molecule has 5 nitrogen and oxygen atoms in total. The second-order valence-corrected chi connectivity index (χ2v) is 11.5. The van der Waals surface area contributed by atoms with E-state index in [1.165, 1.54) is 12.5 Å². The topological polar surface area (TPSA) is 53.0 Å². The van der Waals surface area contributed by atoms with Crippen LogP contribution in [0.4, 0.5) is 0 Å². The molecule has 1 aromatic carbocycles. The maximum absolute atomic E-state index is 11.8. The second-order valence-electron chi connectivity index (χ2n) is 11.1. The minimum Gasteiger partial charge on any atom is -0.458 e. The van der Waals surface area contributed by atoms with Crippen molar-refractivity contribution in [3.8, 4) is 0 Å².